The van der Waals surface area contributed by atoms with Crippen molar-refractivity contribution in [2.24, 2.45) is 0 Å². The third-order valence-corrected chi connectivity index (χ3v) is 8.26. The average Bonchev–Trinajstić information content (AvgIpc) is 3.58. The number of amides is 2. The first kappa shape index (κ1) is 28.0. The molecule has 1 saturated heterocycles. The van der Waals surface area contributed by atoms with Gasteiger partial charge in [-0.25, -0.2) is 9.97 Å². The zero-order valence-electron chi connectivity index (χ0n) is 23.8. The van der Waals surface area contributed by atoms with Gasteiger partial charge in [-0.1, -0.05) is 30.3 Å². The maximum atomic E-state index is 13.1. The molecule has 0 saturated carbocycles. The van der Waals surface area contributed by atoms with Crippen LogP contribution in [0.15, 0.2) is 66.3 Å². The smallest absolute Gasteiger partial charge is 0.275 e. The lowest BCUT2D eigenvalue weighted by atomic mass is 10.1. The van der Waals surface area contributed by atoms with E-state index in [4.69, 9.17) is 4.98 Å². The summed E-state index contributed by atoms with van der Waals surface area (Å²) < 4.78 is 2.15. The first-order valence-corrected chi connectivity index (χ1v) is 15.1. The van der Waals surface area contributed by atoms with E-state index in [1.165, 1.54) is 11.9 Å². The number of anilines is 1. The third kappa shape index (κ3) is 6.33. The van der Waals surface area contributed by atoms with Crippen LogP contribution < -0.4 is 10.6 Å². The Morgan fingerprint density at radius 3 is 2.50 bits per heavy atom. The molecule has 0 spiro atoms. The number of para-hydroxylation sites is 3. The number of imidazole rings is 1. The second kappa shape index (κ2) is 12.4. The molecule has 2 N–H and O–H groups in total. The molecule has 0 aliphatic carbocycles. The monoisotopic (exact) mass is 582 g/mol. The Bertz CT molecular complexity index is 1720. The van der Waals surface area contributed by atoms with Crippen LogP contribution in [0.4, 0.5) is 5.69 Å². The molecule has 0 unspecified atom stereocenters. The van der Waals surface area contributed by atoms with Gasteiger partial charge in [-0.05, 0) is 32.0 Å². The van der Waals surface area contributed by atoms with Crippen molar-refractivity contribution < 1.29 is 9.59 Å². The van der Waals surface area contributed by atoms with Gasteiger partial charge in [-0.15, -0.1) is 11.3 Å². The number of hydrogen-bond donors (Lipinski definition) is 2. The minimum absolute atomic E-state index is 0.118. The van der Waals surface area contributed by atoms with Crippen LogP contribution in [0, 0.1) is 0 Å². The van der Waals surface area contributed by atoms with Crippen LogP contribution in [0.3, 0.4) is 0 Å². The summed E-state index contributed by atoms with van der Waals surface area (Å²) in [6.07, 6.45) is 4.09. The highest BCUT2D eigenvalue weighted by molar-refractivity contribution is 7.15. The summed E-state index contributed by atoms with van der Waals surface area (Å²) in [5.41, 5.74) is 5.18. The molecule has 11 heteroatoms. The number of fused-ring (bicyclic) bond motifs is 2. The lowest BCUT2D eigenvalue weighted by Gasteiger charge is -2.34. The van der Waals surface area contributed by atoms with E-state index in [0.717, 1.165) is 61.0 Å². The number of benzene rings is 2. The molecule has 2 amide bonds. The van der Waals surface area contributed by atoms with E-state index in [9.17, 15) is 9.59 Å². The lowest BCUT2D eigenvalue weighted by molar-refractivity contribution is -0.122. The van der Waals surface area contributed by atoms with E-state index in [1.54, 1.807) is 11.3 Å². The molecular formula is C31H34N8O2S. The molecule has 1 aliphatic heterocycles. The topological polar surface area (TPSA) is 108 Å². The number of nitrogens with zero attached hydrogens (tertiary/aromatic N) is 6. The first-order valence-electron chi connectivity index (χ1n) is 14.2. The Morgan fingerprint density at radius 1 is 0.952 bits per heavy atom. The van der Waals surface area contributed by atoms with Crippen molar-refractivity contribution in [1.29, 1.82) is 0 Å². The van der Waals surface area contributed by atoms with Crippen molar-refractivity contribution in [2.75, 3.05) is 38.0 Å². The maximum absolute atomic E-state index is 13.1. The zero-order chi connectivity index (χ0) is 29.1. The van der Waals surface area contributed by atoms with Crippen molar-refractivity contribution in [2.45, 2.75) is 32.9 Å². The Morgan fingerprint density at radius 2 is 1.69 bits per heavy atom. The highest BCUT2D eigenvalue weighted by Gasteiger charge is 2.20. The van der Waals surface area contributed by atoms with Crippen LogP contribution in [0.25, 0.3) is 27.3 Å². The fraction of sp³-hybridized carbons (Fsp3) is 0.323. The normalized spacial score (nSPS) is 14.5. The van der Waals surface area contributed by atoms with Crippen LogP contribution in [-0.2, 0) is 11.3 Å². The highest BCUT2D eigenvalue weighted by Crippen LogP contribution is 2.30. The molecule has 5 aromatic rings. The van der Waals surface area contributed by atoms with Crippen molar-refractivity contribution in [3.05, 3.63) is 77.7 Å². The summed E-state index contributed by atoms with van der Waals surface area (Å²) in [7, 11) is 0. The van der Waals surface area contributed by atoms with Crippen LogP contribution in [-0.4, -0.2) is 79.7 Å². The summed E-state index contributed by atoms with van der Waals surface area (Å²) in [6, 6.07) is 15.4. The largest absolute Gasteiger partial charge is 0.354 e. The molecule has 0 atom stereocenters. The van der Waals surface area contributed by atoms with Gasteiger partial charge in [0.25, 0.3) is 5.91 Å². The molecule has 6 rings (SSSR count). The first-order chi connectivity index (χ1) is 20.4. The van der Waals surface area contributed by atoms with Crippen molar-refractivity contribution in [3.8, 4) is 11.3 Å². The van der Waals surface area contributed by atoms with Gasteiger partial charge < -0.3 is 15.5 Å². The molecule has 1 aliphatic rings. The summed E-state index contributed by atoms with van der Waals surface area (Å²) in [5.74, 6) is -0.199. The number of nitrogens with one attached hydrogen (secondary N) is 2. The number of piperazine rings is 1. The Labute approximate surface area is 248 Å². The second-order valence-corrected chi connectivity index (χ2v) is 11.7. The van der Waals surface area contributed by atoms with Crippen LogP contribution in [0.2, 0.25) is 0 Å². The highest BCUT2D eigenvalue weighted by atomic mass is 32.1. The molecule has 3 aromatic heterocycles. The van der Waals surface area contributed by atoms with Gasteiger partial charge >= 0.3 is 0 Å². The van der Waals surface area contributed by atoms with Gasteiger partial charge in [0.05, 0.1) is 28.6 Å². The molecule has 0 bridgehead atoms. The zero-order valence-corrected chi connectivity index (χ0v) is 24.6. The van der Waals surface area contributed by atoms with Gasteiger partial charge in [-0.3, -0.25) is 23.9 Å². The van der Waals surface area contributed by atoms with Crippen molar-refractivity contribution >= 4 is 44.8 Å². The second-order valence-electron chi connectivity index (χ2n) is 10.8. The molecule has 216 valence electrons. The number of carbonyl (C=O) groups is 2. The molecule has 42 heavy (non-hydrogen) atoms. The molecule has 1 fully saturated rings. The van der Waals surface area contributed by atoms with Crippen LogP contribution in [0.1, 0.15) is 36.5 Å². The third-order valence-electron chi connectivity index (χ3n) is 7.37. The summed E-state index contributed by atoms with van der Waals surface area (Å²) in [5, 5.41) is 8.15. The van der Waals surface area contributed by atoms with Crippen molar-refractivity contribution in [3.63, 3.8) is 0 Å². The Balaban J connectivity index is 1.11. The Hall–Kier alpha value is -4.19. The summed E-state index contributed by atoms with van der Waals surface area (Å²) >= 11 is 1.62. The number of aromatic nitrogens is 4. The minimum Gasteiger partial charge on any atom is -0.354 e. The van der Waals surface area contributed by atoms with E-state index >= 15 is 0 Å². The van der Waals surface area contributed by atoms with E-state index in [0.29, 0.717) is 17.6 Å². The summed E-state index contributed by atoms with van der Waals surface area (Å²) in [4.78, 5) is 44.6. The van der Waals surface area contributed by atoms with Gasteiger partial charge in [0.15, 0.2) is 4.96 Å². The molecule has 10 nitrogen and oxygen atoms in total. The van der Waals surface area contributed by atoms with Crippen LogP contribution in [0.5, 0.6) is 0 Å². The van der Waals surface area contributed by atoms with Gasteiger partial charge in [0.1, 0.15) is 5.69 Å². The van der Waals surface area contributed by atoms with Gasteiger partial charge in [-0.2, -0.15) is 0 Å². The van der Waals surface area contributed by atoms with E-state index in [-0.39, 0.29) is 23.6 Å². The number of carbonyl (C=O) groups excluding carboxylic acids is 2. The van der Waals surface area contributed by atoms with Gasteiger partial charge in [0.2, 0.25) is 5.91 Å². The SMILES string of the molecule is CC(C)NC(=O)CCN1CCN(Cc2csc3nc(-c4ccccc4NC(=O)c4cnc5ccccc5n4)cn23)CC1. The number of hydrogen-bond acceptors (Lipinski definition) is 8. The molecule has 2 aromatic carbocycles. The van der Waals surface area contributed by atoms with Crippen molar-refractivity contribution in [1.82, 2.24) is 34.5 Å². The fourth-order valence-electron chi connectivity index (χ4n) is 5.20. The minimum atomic E-state index is -0.317. The number of rotatable bonds is 9. The average molecular weight is 583 g/mol. The van der Waals surface area contributed by atoms with E-state index in [2.05, 4.69) is 40.2 Å². The summed E-state index contributed by atoms with van der Waals surface area (Å²) in [6.45, 7) is 9.41. The van der Waals surface area contributed by atoms with E-state index in [1.807, 2.05) is 68.6 Å². The molecule has 0 radical (unpaired) electrons. The van der Waals surface area contributed by atoms with Gasteiger partial charge in [0, 0.05) is 74.6 Å². The standard InChI is InChI=1S/C31H34N8O2S/c1-21(2)33-29(40)11-12-37-13-15-38(16-14-37)18-22-20-42-31-36-28(19-39(22)31)23-7-3-4-8-24(23)35-30(41)27-17-32-25-9-5-6-10-26(25)34-27/h3-10,17,19-21H,11-16,18H2,1-2H3,(H,33,40)(H,35,41). The molecular weight excluding hydrogens is 548 g/mol. The molecule has 4 heterocycles. The quantitative estimate of drug-likeness (QED) is 0.267. The lowest BCUT2D eigenvalue weighted by Crippen LogP contribution is -2.47. The van der Waals surface area contributed by atoms with Crippen LogP contribution >= 0.6 is 11.3 Å². The Kier molecular flexibility index (Phi) is 8.22. The predicted molar refractivity (Wildman–Crippen MR) is 166 cm³/mol. The fourth-order valence-corrected chi connectivity index (χ4v) is 6.06. The predicted octanol–water partition coefficient (Wildman–Crippen LogP) is 4.29. The van der Waals surface area contributed by atoms with E-state index < -0.39 is 0 Å². The maximum Gasteiger partial charge on any atom is 0.275 e. The number of thiazole rings is 1.